The molecule has 1 atom stereocenters. The average molecular weight is 481 g/mol. The Kier molecular flexibility index (Phi) is 13.7. The van der Waals surface area contributed by atoms with Gasteiger partial charge in [0.05, 0.1) is 24.9 Å². The van der Waals surface area contributed by atoms with E-state index in [9.17, 15) is 5.11 Å². The molecule has 0 radical (unpaired) electrons. The second kappa shape index (κ2) is 14.2. The van der Waals surface area contributed by atoms with E-state index in [1.807, 2.05) is 18.5 Å². The van der Waals surface area contributed by atoms with Gasteiger partial charge in [0, 0.05) is 31.9 Å². The Morgan fingerprint density at radius 3 is 2.62 bits per heavy atom. The average Bonchev–Trinajstić information content (AvgIpc) is 2.86. The highest BCUT2D eigenvalue weighted by Crippen LogP contribution is 2.02. The molecular formula is C18H36IN5O2. The number of hydrogen-bond donors (Lipinski definition) is 3. The zero-order valence-electron chi connectivity index (χ0n) is 16.8. The van der Waals surface area contributed by atoms with Crippen LogP contribution in [0.3, 0.4) is 0 Å². The number of aryl methyl sites for hydroxylation is 3. The number of guanidine groups is 1. The Balaban J connectivity index is 0.00000625. The van der Waals surface area contributed by atoms with Gasteiger partial charge in [0.2, 0.25) is 0 Å². The molecule has 0 aromatic carbocycles. The van der Waals surface area contributed by atoms with E-state index in [1.54, 1.807) is 0 Å². The van der Waals surface area contributed by atoms with Gasteiger partial charge in [0.25, 0.3) is 0 Å². The van der Waals surface area contributed by atoms with Gasteiger partial charge >= 0.3 is 0 Å². The number of hydrogen-bond acceptors (Lipinski definition) is 4. The lowest BCUT2D eigenvalue weighted by Crippen LogP contribution is -2.39. The standard InChI is InChI=1S/C18H35N5O2.HI/c1-6-19-18(21-11-17(24)13-25-12-14(2)3)20-8-7-9-23-16(5)10-15(4)22-23;/h10,14,17,24H,6-9,11-13H2,1-5H3,(H2,19,20,21);1H. The van der Waals surface area contributed by atoms with E-state index in [4.69, 9.17) is 4.74 Å². The quantitative estimate of drug-likeness (QED) is 0.195. The van der Waals surface area contributed by atoms with Crippen molar-refractivity contribution in [2.24, 2.45) is 10.9 Å². The molecule has 26 heavy (non-hydrogen) atoms. The van der Waals surface area contributed by atoms with Crippen LogP contribution in [0.1, 0.15) is 38.6 Å². The summed E-state index contributed by atoms with van der Waals surface area (Å²) in [5, 5.41) is 20.9. The molecule has 0 fully saturated rings. The van der Waals surface area contributed by atoms with Crippen molar-refractivity contribution in [2.45, 2.75) is 53.7 Å². The molecule has 0 saturated heterocycles. The van der Waals surface area contributed by atoms with E-state index in [-0.39, 0.29) is 24.0 Å². The molecular weight excluding hydrogens is 445 g/mol. The van der Waals surface area contributed by atoms with Gasteiger partial charge in [-0.15, -0.1) is 24.0 Å². The third-order valence-electron chi connectivity index (χ3n) is 3.51. The molecule has 1 rings (SSSR count). The van der Waals surface area contributed by atoms with Gasteiger partial charge in [-0.2, -0.15) is 5.10 Å². The summed E-state index contributed by atoms with van der Waals surface area (Å²) in [7, 11) is 0. The highest BCUT2D eigenvalue weighted by Gasteiger charge is 2.06. The summed E-state index contributed by atoms with van der Waals surface area (Å²) in [5.74, 6) is 1.19. The molecule has 0 amide bonds. The Bertz CT molecular complexity index is 520. The van der Waals surface area contributed by atoms with E-state index >= 15 is 0 Å². The molecule has 1 unspecified atom stereocenters. The van der Waals surface area contributed by atoms with Crippen LogP contribution in [0.2, 0.25) is 0 Å². The molecule has 7 nitrogen and oxygen atoms in total. The van der Waals surface area contributed by atoms with Crippen molar-refractivity contribution in [1.29, 1.82) is 0 Å². The number of nitrogens with zero attached hydrogens (tertiary/aromatic N) is 3. The Morgan fingerprint density at radius 1 is 1.31 bits per heavy atom. The third kappa shape index (κ3) is 11.0. The predicted octanol–water partition coefficient (Wildman–Crippen LogP) is 2.10. The zero-order chi connectivity index (χ0) is 18.7. The largest absolute Gasteiger partial charge is 0.389 e. The smallest absolute Gasteiger partial charge is 0.191 e. The number of rotatable bonds is 11. The molecule has 152 valence electrons. The summed E-state index contributed by atoms with van der Waals surface area (Å²) in [5.41, 5.74) is 2.23. The van der Waals surface area contributed by atoms with Gasteiger partial charge in [-0.05, 0) is 39.2 Å². The van der Waals surface area contributed by atoms with E-state index in [1.165, 1.54) is 5.69 Å². The maximum absolute atomic E-state index is 9.93. The number of aliphatic hydroxyl groups excluding tert-OH is 1. The molecule has 8 heteroatoms. The van der Waals surface area contributed by atoms with Crippen molar-refractivity contribution in [1.82, 2.24) is 20.4 Å². The van der Waals surface area contributed by atoms with E-state index in [0.29, 0.717) is 25.7 Å². The van der Waals surface area contributed by atoms with Crippen LogP contribution < -0.4 is 10.6 Å². The molecule has 0 aliphatic rings. The highest BCUT2D eigenvalue weighted by molar-refractivity contribution is 14.0. The number of nitrogens with one attached hydrogen (secondary N) is 2. The van der Waals surface area contributed by atoms with Crippen LogP contribution in [-0.4, -0.2) is 59.8 Å². The highest BCUT2D eigenvalue weighted by atomic mass is 127. The summed E-state index contributed by atoms with van der Waals surface area (Å²) < 4.78 is 7.46. The van der Waals surface area contributed by atoms with Crippen LogP contribution >= 0.6 is 24.0 Å². The molecule has 3 N–H and O–H groups in total. The minimum absolute atomic E-state index is 0. The molecule has 0 aliphatic heterocycles. The summed E-state index contributed by atoms with van der Waals surface area (Å²) in [6.07, 6.45) is 0.371. The van der Waals surface area contributed by atoms with E-state index < -0.39 is 6.10 Å². The van der Waals surface area contributed by atoms with E-state index in [2.05, 4.69) is 47.6 Å². The van der Waals surface area contributed by atoms with Crippen LogP contribution in [0.5, 0.6) is 0 Å². The fourth-order valence-corrected chi connectivity index (χ4v) is 2.37. The molecule has 1 heterocycles. The fraction of sp³-hybridized carbons (Fsp3) is 0.778. The molecule has 0 bridgehead atoms. The molecule has 1 aromatic heterocycles. The molecule has 0 saturated carbocycles. The maximum Gasteiger partial charge on any atom is 0.191 e. The second-order valence-electron chi connectivity index (χ2n) is 6.74. The molecule has 0 spiro atoms. The second-order valence-corrected chi connectivity index (χ2v) is 6.74. The van der Waals surface area contributed by atoms with Gasteiger partial charge in [-0.3, -0.25) is 9.67 Å². The van der Waals surface area contributed by atoms with Crippen molar-refractivity contribution in [3.63, 3.8) is 0 Å². The lowest BCUT2D eigenvalue weighted by molar-refractivity contribution is 0.0301. The first-order valence-electron chi connectivity index (χ1n) is 9.21. The van der Waals surface area contributed by atoms with Gasteiger partial charge in [-0.1, -0.05) is 13.8 Å². The van der Waals surface area contributed by atoms with Crippen molar-refractivity contribution in [3.05, 3.63) is 17.5 Å². The van der Waals surface area contributed by atoms with Crippen molar-refractivity contribution in [3.8, 4) is 0 Å². The maximum atomic E-state index is 9.93. The normalized spacial score (nSPS) is 12.8. The van der Waals surface area contributed by atoms with Gasteiger partial charge in [0.15, 0.2) is 5.96 Å². The lowest BCUT2D eigenvalue weighted by atomic mass is 10.2. The first-order chi connectivity index (χ1) is 11.9. The van der Waals surface area contributed by atoms with Crippen LogP contribution in [0.25, 0.3) is 0 Å². The van der Waals surface area contributed by atoms with Crippen LogP contribution in [0.15, 0.2) is 11.1 Å². The van der Waals surface area contributed by atoms with Crippen molar-refractivity contribution < 1.29 is 9.84 Å². The van der Waals surface area contributed by atoms with Gasteiger partial charge in [-0.25, -0.2) is 0 Å². The summed E-state index contributed by atoms with van der Waals surface area (Å²) in [4.78, 5) is 4.42. The van der Waals surface area contributed by atoms with E-state index in [0.717, 1.165) is 37.7 Å². The number of ether oxygens (including phenoxy) is 1. The topological polar surface area (TPSA) is 83.7 Å². The minimum atomic E-state index is -0.580. The summed E-state index contributed by atoms with van der Waals surface area (Å²) in [6.45, 7) is 14.0. The number of halogens is 1. The fourth-order valence-electron chi connectivity index (χ4n) is 2.37. The Hall–Kier alpha value is -0.870. The first kappa shape index (κ1) is 25.1. The van der Waals surface area contributed by atoms with Gasteiger partial charge < -0.3 is 20.5 Å². The van der Waals surface area contributed by atoms with Crippen molar-refractivity contribution in [2.75, 3.05) is 32.8 Å². The van der Waals surface area contributed by atoms with Gasteiger partial charge in [0.1, 0.15) is 0 Å². The zero-order valence-corrected chi connectivity index (χ0v) is 19.1. The predicted molar refractivity (Wildman–Crippen MR) is 117 cm³/mol. The third-order valence-corrected chi connectivity index (χ3v) is 3.51. The number of aromatic nitrogens is 2. The Morgan fingerprint density at radius 2 is 2.04 bits per heavy atom. The Labute approximate surface area is 175 Å². The summed E-state index contributed by atoms with van der Waals surface area (Å²) >= 11 is 0. The molecule has 0 aliphatic carbocycles. The van der Waals surface area contributed by atoms with Crippen LogP contribution in [0, 0.1) is 19.8 Å². The SMILES string of the molecule is CCNC(=NCC(O)COCC(C)C)NCCCn1nc(C)cc1C.I. The molecule has 1 aromatic rings. The summed E-state index contributed by atoms with van der Waals surface area (Å²) in [6, 6.07) is 2.09. The first-order valence-corrected chi connectivity index (χ1v) is 9.21. The lowest BCUT2D eigenvalue weighted by Gasteiger charge is -2.14. The van der Waals surface area contributed by atoms with Crippen LogP contribution in [0.4, 0.5) is 0 Å². The minimum Gasteiger partial charge on any atom is -0.389 e. The van der Waals surface area contributed by atoms with Crippen molar-refractivity contribution >= 4 is 29.9 Å². The number of aliphatic imine (C=N–C) groups is 1. The monoisotopic (exact) mass is 481 g/mol. The van der Waals surface area contributed by atoms with Crippen LogP contribution in [-0.2, 0) is 11.3 Å². The number of aliphatic hydroxyl groups is 1.